The lowest BCUT2D eigenvalue weighted by atomic mass is 9.77. The molecular weight excluding hydrogens is 453 g/mol. The summed E-state index contributed by atoms with van der Waals surface area (Å²) in [6, 6.07) is 7.35. The summed E-state index contributed by atoms with van der Waals surface area (Å²) in [6.07, 6.45) is -1.27. The van der Waals surface area contributed by atoms with Crippen molar-refractivity contribution in [1.29, 1.82) is 0 Å². The number of carbonyl (C=O) groups excluding carboxylic acids is 1. The van der Waals surface area contributed by atoms with E-state index in [9.17, 15) is 18.0 Å². The van der Waals surface area contributed by atoms with Gasteiger partial charge in [-0.3, -0.25) is 9.69 Å². The molecule has 2 aliphatic heterocycles. The predicted molar refractivity (Wildman–Crippen MR) is 112 cm³/mol. The van der Waals surface area contributed by atoms with E-state index in [0.717, 1.165) is 39.2 Å². The van der Waals surface area contributed by atoms with Gasteiger partial charge in [0.05, 0.1) is 24.7 Å². The third-order valence-electron chi connectivity index (χ3n) is 5.64. The molecule has 2 saturated heterocycles. The Labute approximate surface area is 190 Å². The molecule has 0 radical (unpaired) electrons. The Morgan fingerprint density at radius 3 is 2.44 bits per heavy atom. The van der Waals surface area contributed by atoms with Crippen LogP contribution < -0.4 is 4.74 Å². The maximum atomic E-state index is 12.6. The van der Waals surface area contributed by atoms with Gasteiger partial charge in [0.1, 0.15) is 5.75 Å². The van der Waals surface area contributed by atoms with Crippen molar-refractivity contribution in [1.82, 2.24) is 9.80 Å². The van der Waals surface area contributed by atoms with E-state index in [1.165, 1.54) is 12.8 Å². The van der Waals surface area contributed by atoms with Gasteiger partial charge in [-0.05, 0) is 31.4 Å². The molecule has 1 aromatic rings. The molecule has 0 aromatic heterocycles. The largest absolute Gasteiger partial charge is 0.491 e. The number of para-hydroxylation sites is 1. The molecule has 0 saturated carbocycles. The molecule has 1 atom stereocenters. The standard InChI is InChI=1S/C19H27ClN2O3.C2HF3O2/c1-24-14-12-22-11-9-19(22)8-4-10-21(15-19)18(23)7-13-25-17-6-3-2-5-16(17)20;3-2(4,5)1(6)7/h2-3,5-6H,4,7-15H2,1H3;(H,6,7). The molecule has 1 N–H and O–H groups in total. The van der Waals surface area contributed by atoms with Gasteiger partial charge in [0.25, 0.3) is 0 Å². The number of carbonyl (C=O) groups is 2. The van der Waals surface area contributed by atoms with E-state index >= 15 is 0 Å². The van der Waals surface area contributed by atoms with Crippen molar-refractivity contribution in [3.05, 3.63) is 29.3 Å². The van der Waals surface area contributed by atoms with E-state index in [4.69, 9.17) is 31.0 Å². The Morgan fingerprint density at radius 2 is 1.88 bits per heavy atom. The first kappa shape index (κ1) is 26.2. The number of piperidine rings is 1. The Morgan fingerprint density at radius 1 is 1.19 bits per heavy atom. The minimum Gasteiger partial charge on any atom is -0.491 e. The molecule has 2 heterocycles. The first-order valence-corrected chi connectivity index (χ1v) is 10.7. The SMILES string of the molecule is COCCN1CCC12CCCN(C(=O)CCOc1ccccc1Cl)C2.O=C(O)C(F)(F)F. The minimum atomic E-state index is -5.08. The molecule has 0 aliphatic carbocycles. The van der Waals surface area contributed by atoms with Crippen molar-refractivity contribution in [3.8, 4) is 5.75 Å². The Hall–Kier alpha value is -2.04. The van der Waals surface area contributed by atoms with Gasteiger partial charge < -0.3 is 19.5 Å². The third-order valence-corrected chi connectivity index (χ3v) is 5.96. The second-order valence-electron chi connectivity index (χ2n) is 7.70. The number of carboxylic acid groups (broad SMARTS) is 1. The van der Waals surface area contributed by atoms with Crippen LogP contribution in [0.25, 0.3) is 0 Å². The molecule has 0 bridgehead atoms. The van der Waals surface area contributed by atoms with Crippen LogP contribution in [0.3, 0.4) is 0 Å². The van der Waals surface area contributed by atoms with Crippen molar-refractivity contribution in [2.45, 2.75) is 37.4 Å². The van der Waals surface area contributed by atoms with E-state index < -0.39 is 12.1 Å². The number of amides is 1. The number of nitrogens with zero attached hydrogens (tertiary/aromatic N) is 2. The number of benzene rings is 1. The van der Waals surface area contributed by atoms with Gasteiger partial charge in [-0.25, -0.2) is 4.79 Å². The predicted octanol–water partition coefficient (Wildman–Crippen LogP) is 3.46. The van der Waals surface area contributed by atoms with Crippen molar-refractivity contribution in [2.24, 2.45) is 0 Å². The van der Waals surface area contributed by atoms with Gasteiger partial charge in [-0.1, -0.05) is 23.7 Å². The fourth-order valence-electron chi connectivity index (χ4n) is 3.89. The molecule has 2 aliphatic rings. The highest BCUT2D eigenvalue weighted by atomic mass is 35.5. The first-order valence-electron chi connectivity index (χ1n) is 10.3. The monoisotopic (exact) mass is 480 g/mol. The van der Waals surface area contributed by atoms with Gasteiger partial charge in [0.2, 0.25) is 5.91 Å². The van der Waals surface area contributed by atoms with Crippen LogP contribution in [0.1, 0.15) is 25.7 Å². The summed E-state index contributed by atoms with van der Waals surface area (Å²) in [5.41, 5.74) is 0.177. The third kappa shape index (κ3) is 7.25. The topological polar surface area (TPSA) is 79.3 Å². The zero-order valence-electron chi connectivity index (χ0n) is 17.9. The number of hydrogen-bond donors (Lipinski definition) is 1. The van der Waals surface area contributed by atoms with Gasteiger partial charge >= 0.3 is 12.1 Å². The van der Waals surface area contributed by atoms with Gasteiger partial charge in [-0.15, -0.1) is 0 Å². The van der Waals surface area contributed by atoms with Gasteiger partial charge in [0.15, 0.2) is 0 Å². The van der Waals surface area contributed by atoms with E-state index in [0.29, 0.717) is 23.8 Å². The normalized spacial score (nSPS) is 20.8. The van der Waals surface area contributed by atoms with E-state index in [1.54, 1.807) is 13.2 Å². The number of hydrogen-bond acceptors (Lipinski definition) is 5. The maximum Gasteiger partial charge on any atom is 0.490 e. The van der Waals surface area contributed by atoms with Crippen LogP contribution in [0.4, 0.5) is 13.2 Å². The van der Waals surface area contributed by atoms with E-state index in [-0.39, 0.29) is 11.4 Å². The fraction of sp³-hybridized carbons (Fsp3) is 0.619. The van der Waals surface area contributed by atoms with Crippen molar-refractivity contribution in [3.63, 3.8) is 0 Å². The average molecular weight is 481 g/mol. The number of aliphatic carboxylic acids is 1. The highest BCUT2D eigenvalue weighted by Crippen LogP contribution is 2.38. The molecule has 2 fully saturated rings. The Balaban J connectivity index is 0.000000451. The van der Waals surface area contributed by atoms with Crippen LogP contribution in [-0.2, 0) is 14.3 Å². The summed E-state index contributed by atoms with van der Waals surface area (Å²) in [4.78, 5) is 26.0. The van der Waals surface area contributed by atoms with Crippen molar-refractivity contribution in [2.75, 3.05) is 46.5 Å². The molecule has 1 aromatic carbocycles. The Kier molecular flexibility index (Phi) is 9.60. The fourth-order valence-corrected chi connectivity index (χ4v) is 4.08. The van der Waals surface area contributed by atoms with Crippen LogP contribution in [0, 0.1) is 0 Å². The van der Waals surface area contributed by atoms with Crippen LogP contribution in [0.5, 0.6) is 5.75 Å². The maximum absolute atomic E-state index is 12.6. The minimum absolute atomic E-state index is 0.171. The van der Waals surface area contributed by atoms with Gasteiger partial charge in [0, 0.05) is 38.8 Å². The van der Waals surface area contributed by atoms with Crippen molar-refractivity contribution < 1.29 is 37.3 Å². The number of halogens is 4. The summed E-state index contributed by atoms with van der Waals surface area (Å²) in [5, 5.41) is 7.70. The number of alkyl halides is 3. The number of methoxy groups -OCH3 is 1. The number of likely N-dealkylation sites (tertiary alicyclic amines) is 2. The molecule has 1 spiro atoms. The summed E-state index contributed by atoms with van der Waals surface area (Å²) >= 11 is 6.07. The highest BCUT2D eigenvalue weighted by Gasteiger charge is 2.47. The smallest absolute Gasteiger partial charge is 0.490 e. The summed E-state index contributed by atoms with van der Waals surface area (Å²) in [6.45, 7) is 4.86. The quantitative estimate of drug-likeness (QED) is 0.644. The number of carboxylic acids is 1. The number of rotatable bonds is 7. The molecular formula is C21H28ClF3N2O5. The zero-order valence-corrected chi connectivity index (χ0v) is 18.6. The summed E-state index contributed by atoms with van der Waals surface area (Å²) in [7, 11) is 1.74. The molecule has 7 nitrogen and oxygen atoms in total. The lowest BCUT2D eigenvalue weighted by Gasteiger charge is -2.57. The molecule has 3 rings (SSSR count). The van der Waals surface area contributed by atoms with Crippen LogP contribution in [0.2, 0.25) is 5.02 Å². The van der Waals surface area contributed by atoms with Crippen LogP contribution in [-0.4, -0.2) is 85.0 Å². The van der Waals surface area contributed by atoms with Crippen LogP contribution >= 0.6 is 11.6 Å². The average Bonchev–Trinajstić information content (AvgIpc) is 2.74. The summed E-state index contributed by atoms with van der Waals surface area (Å²) in [5.74, 6) is -1.95. The molecule has 32 heavy (non-hydrogen) atoms. The first-order chi connectivity index (χ1) is 15.1. The van der Waals surface area contributed by atoms with Gasteiger partial charge in [-0.2, -0.15) is 13.2 Å². The number of ether oxygens (including phenoxy) is 2. The Bertz CT molecular complexity index is 780. The zero-order chi connectivity index (χ0) is 23.8. The van der Waals surface area contributed by atoms with E-state index in [2.05, 4.69) is 4.90 Å². The summed E-state index contributed by atoms with van der Waals surface area (Å²) < 4.78 is 42.6. The van der Waals surface area contributed by atoms with Crippen molar-refractivity contribution >= 4 is 23.5 Å². The lowest BCUT2D eigenvalue weighted by molar-refractivity contribution is -0.192. The molecule has 11 heteroatoms. The van der Waals surface area contributed by atoms with Crippen LogP contribution in [0.15, 0.2) is 24.3 Å². The molecule has 1 unspecified atom stereocenters. The second-order valence-corrected chi connectivity index (χ2v) is 8.11. The lowest BCUT2D eigenvalue weighted by Crippen LogP contribution is -2.67. The highest BCUT2D eigenvalue weighted by molar-refractivity contribution is 6.32. The molecule has 1 amide bonds. The second kappa shape index (κ2) is 11.7. The van der Waals surface area contributed by atoms with E-state index in [1.807, 2.05) is 23.1 Å². The molecule has 180 valence electrons.